The zero-order chi connectivity index (χ0) is 32.2. The number of benzene rings is 1. The number of hydrogen-bond donors (Lipinski definition) is 3. The minimum atomic E-state index is -1.21. The Kier molecular flexibility index (Phi) is 12.0. The highest BCUT2D eigenvalue weighted by Gasteiger charge is 2.31. The molecule has 17 nitrogen and oxygen atoms in total. The van der Waals surface area contributed by atoms with Crippen LogP contribution in [0.25, 0.3) is 5.69 Å². The number of carbonyl (C=O) groups excluding carboxylic acids is 4. The van der Waals surface area contributed by atoms with E-state index in [4.69, 9.17) is 19.4 Å². The van der Waals surface area contributed by atoms with Crippen LogP contribution in [0, 0.1) is 0 Å². The van der Waals surface area contributed by atoms with Crippen LogP contribution in [0.2, 0.25) is 0 Å². The van der Waals surface area contributed by atoms with Crippen molar-refractivity contribution in [1.29, 1.82) is 0 Å². The molecule has 0 spiro atoms. The number of aliphatic carboxylic acids is 2. The molecule has 1 aromatic heterocycles. The number of piperazine rings is 1. The molecule has 1 aliphatic rings. The van der Waals surface area contributed by atoms with Crippen molar-refractivity contribution in [3.8, 4) is 11.6 Å². The smallest absolute Gasteiger partial charge is 0.481 e. The average molecular weight is 619 g/mol. The molecule has 1 aromatic carbocycles. The van der Waals surface area contributed by atoms with Crippen LogP contribution in [-0.2, 0) is 28.8 Å². The molecule has 1 atom stereocenters. The van der Waals surface area contributed by atoms with Crippen LogP contribution in [-0.4, -0.2) is 130 Å². The lowest BCUT2D eigenvalue weighted by Crippen LogP contribution is -2.55. The molecule has 0 radical (unpaired) electrons. The van der Waals surface area contributed by atoms with Crippen molar-refractivity contribution in [2.45, 2.75) is 25.8 Å². The molecule has 1 aliphatic heterocycles. The number of aromatic nitrogens is 2. The topological polar surface area (TPSA) is 210 Å². The number of carboxylic acids is 2. The van der Waals surface area contributed by atoms with Crippen LogP contribution in [0.1, 0.15) is 30.3 Å². The van der Waals surface area contributed by atoms with Crippen molar-refractivity contribution in [3.05, 3.63) is 42.1 Å². The summed E-state index contributed by atoms with van der Waals surface area (Å²) in [5.41, 5.74) is 0.297. The minimum absolute atomic E-state index is 0.00967. The fraction of sp³-hybridized carbons (Fsp3) is 0.444. The highest BCUT2D eigenvalue weighted by molar-refractivity contribution is 5.96. The summed E-state index contributed by atoms with van der Waals surface area (Å²) >= 11 is 0. The third-order valence-corrected chi connectivity index (χ3v) is 6.32. The summed E-state index contributed by atoms with van der Waals surface area (Å²) < 4.78 is 11.6. The molecule has 1 saturated heterocycles. The van der Waals surface area contributed by atoms with Gasteiger partial charge in [0.1, 0.15) is 12.6 Å². The third kappa shape index (κ3) is 9.69. The van der Waals surface area contributed by atoms with Crippen molar-refractivity contribution in [3.63, 3.8) is 0 Å². The van der Waals surface area contributed by atoms with E-state index in [0.717, 1.165) is 4.90 Å². The Morgan fingerprint density at radius 2 is 1.70 bits per heavy atom. The van der Waals surface area contributed by atoms with E-state index in [1.54, 1.807) is 37.3 Å². The zero-order valence-corrected chi connectivity index (χ0v) is 24.2. The molecule has 17 heteroatoms. The number of hydrogen-bond acceptors (Lipinski definition) is 11. The van der Waals surface area contributed by atoms with Crippen molar-refractivity contribution < 1.29 is 53.3 Å². The van der Waals surface area contributed by atoms with E-state index in [2.05, 4.69) is 10.4 Å². The first kappa shape index (κ1) is 33.3. The maximum absolute atomic E-state index is 13.4. The first-order valence-electron chi connectivity index (χ1n) is 13.6. The maximum atomic E-state index is 13.4. The van der Waals surface area contributed by atoms with Crippen LogP contribution in [0.4, 0.5) is 4.79 Å². The summed E-state index contributed by atoms with van der Waals surface area (Å²) in [6.45, 7) is 1.32. The second kappa shape index (κ2) is 15.9. The number of rotatable bonds is 14. The van der Waals surface area contributed by atoms with E-state index in [9.17, 15) is 33.9 Å². The van der Waals surface area contributed by atoms with E-state index in [1.165, 1.54) is 27.8 Å². The summed E-state index contributed by atoms with van der Waals surface area (Å²) in [7, 11) is 1.30. The molecule has 0 aliphatic carbocycles. The summed E-state index contributed by atoms with van der Waals surface area (Å²) in [5, 5.41) is 26.3. The molecule has 0 bridgehead atoms. The molecular weight excluding hydrogens is 584 g/mol. The van der Waals surface area contributed by atoms with Gasteiger partial charge in [0.15, 0.2) is 12.3 Å². The number of nitrogens with one attached hydrogen (secondary N) is 1. The second-order valence-corrected chi connectivity index (χ2v) is 9.53. The van der Waals surface area contributed by atoms with E-state index >= 15 is 0 Å². The Morgan fingerprint density at radius 3 is 2.32 bits per heavy atom. The number of amides is 3. The monoisotopic (exact) mass is 618 g/mol. The molecule has 0 unspecified atom stereocenters. The molecule has 44 heavy (non-hydrogen) atoms. The standard InChI is InChI=1S/C27H34N6O11/c1-3-42-27(41)44-32-13-11-31(12-14-32)26(40)19(9-10-23(35)36)28-25(39)20-15-22(33(29-20)18-7-5-4-6-8-18)43-17-21(34)30(2)16-24(37)38/h4-8,15,19H,3,9-14,16-17H2,1-2H3,(H,28,39)(H,35,36)(H,37,38)/t19-/m0/s1. The first-order chi connectivity index (χ1) is 21.0. The molecule has 2 heterocycles. The van der Waals surface area contributed by atoms with Gasteiger partial charge in [-0.3, -0.25) is 24.0 Å². The van der Waals surface area contributed by atoms with E-state index in [-0.39, 0.29) is 50.8 Å². The number of carbonyl (C=O) groups is 6. The highest BCUT2D eigenvalue weighted by Crippen LogP contribution is 2.20. The molecule has 3 N–H and O–H groups in total. The highest BCUT2D eigenvalue weighted by atomic mass is 16.8. The molecule has 2 aromatic rings. The van der Waals surface area contributed by atoms with Gasteiger partial charge in [-0.05, 0) is 25.5 Å². The van der Waals surface area contributed by atoms with Crippen LogP contribution >= 0.6 is 0 Å². The van der Waals surface area contributed by atoms with Crippen LogP contribution in [0.15, 0.2) is 36.4 Å². The van der Waals surface area contributed by atoms with Gasteiger partial charge in [-0.2, -0.15) is 5.10 Å². The zero-order valence-electron chi connectivity index (χ0n) is 24.2. The minimum Gasteiger partial charge on any atom is -0.481 e. The molecule has 238 valence electrons. The Balaban J connectivity index is 1.75. The van der Waals surface area contributed by atoms with Crippen molar-refractivity contribution in [2.24, 2.45) is 0 Å². The Morgan fingerprint density at radius 1 is 1.02 bits per heavy atom. The molecule has 3 rings (SSSR count). The number of likely N-dealkylation sites (N-methyl/N-ethyl adjacent to an activating group) is 1. The number of para-hydroxylation sites is 1. The average Bonchev–Trinajstić information content (AvgIpc) is 3.42. The summed E-state index contributed by atoms with van der Waals surface area (Å²) in [5.74, 6) is -4.33. The van der Waals surface area contributed by atoms with Crippen LogP contribution in [0.3, 0.4) is 0 Å². The Hall–Kier alpha value is -5.19. The van der Waals surface area contributed by atoms with Gasteiger partial charge in [-0.1, -0.05) is 18.2 Å². The maximum Gasteiger partial charge on any atom is 0.527 e. The number of hydroxylamine groups is 2. The van der Waals surface area contributed by atoms with Gasteiger partial charge in [0.05, 0.1) is 25.4 Å². The molecule has 0 saturated carbocycles. The quantitative estimate of drug-likeness (QED) is 0.238. The van der Waals surface area contributed by atoms with Gasteiger partial charge >= 0.3 is 18.1 Å². The number of carboxylic acid groups (broad SMARTS) is 2. The van der Waals surface area contributed by atoms with Gasteiger partial charge in [0.2, 0.25) is 11.8 Å². The van der Waals surface area contributed by atoms with Gasteiger partial charge in [-0.15, -0.1) is 5.06 Å². The number of ether oxygens (including phenoxy) is 2. The summed E-state index contributed by atoms with van der Waals surface area (Å²) in [4.78, 5) is 80.2. The van der Waals surface area contributed by atoms with E-state index < -0.39 is 61.4 Å². The van der Waals surface area contributed by atoms with Crippen molar-refractivity contribution >= 4 is 35.8 Å². The normalized spacial score (nSPS) is 13.8. The van der Waals surface area contributed by atoms with Crippen LogP contribution in [0.5, 0.6) is 5.88 Å². The van der Waals surface area contributed by atoms with Crippen molar-refractivity contribution in [1.82, 2.24) is 30.0 Å². The van der Waals surface area contributed by atoms with E-state index in [1.807, 2.05) is 0 Å². The predicted molar refractivity (Wildman–Crippen MR) is 149 cm³/mol. The lowest BCUT2D eigenvalue weighted by Gasteiger charge is -2.35. The van der Waals surface area contributed by atoms with E-state index in [0.29, 0.717) is 5.69 Å². The predicted octanol–water partition coefficient (Wildman–Crippen LogP) is -0.0104. The fourth-order valence-corrected chi connectivity index (χ4v) is 4.10. The second-order valence-electron chi connectivity index (χ2n) is 9.53. The first-order valence-corrected chi connectivity index (χ1v) is 13.6. The van der Waals surface area contributed by atoms with Gasteiger partial charge in [-0.25, -0.2) is 9.48 Å². The Bertz CT molecular complexity index is 1340. The largest absolute Gasteiger partial charge is 0.527 e. The van der Waals surface area contributed by atoms with Crippen LogP contribution < -0.4 is 10.1 Å². The lowest BCUT2D eigenvalue weighted by atomic mass is 10.1. The lowest BCUT2D eigenvalue weighted by molar-refractivity contribution is -0.157. The summed E-state index contributed by atoms with van der Waals surface area (Å²) in [6, 6.07) is 8.56. The number of nitrogens with zero attached hydrogens (tertiary/aromatic N) is 5. The molecule has 3 amide bonds. The molecular formula is C27H34N6O11. The third-order valence-electron chi connectivity index (χ3n) is 6.32. The molecule has 1 fully saturated rings. The van der Waals surface area contributed by atoms with Gasteiger partial charge < -0.3 is 39.6 Å². The Labute approximate surface area is 251 Å². The van der Waals surface area contributed by atoms with Gasteiger partial charge in [0.25, 0.3) is 11.8 Å². The summed E-state index contributed by atoms with van der Waals surface area (Å²) in [6.07, 6.45) is -1.47. The van der Waals surface area contributed by atoms with Gasteiger partial charge in [0, 0.05) is 32.6 Å². The fourth-order valence-electron chi connectivity index (χ4n) is 4.10. The van der Waals surface area contributed by atoms with Crippen molar-refractivity contribution in [2.75, 3.05) is 53.0 Å². The SMILES string of the molecule is CCOC(=O)ON1CCN(C(=O)[C@H](CCC(=O)O)NC(=O)c2cc(OCC(=O)N(C)CC(=O)O)n(-c3ccccc3)n2)CC1.